The molecule has 1 N–H and O–H groups in total. The quantitative estimate of drug-likeness (QED) is 0.647. The minimum absolute atomic E-state index is 0.0571. The Kier molecular flexibility index (Phi) is 6.36. The van der Waals surface area contributed by atoms with Gasteiger partial charge in [0.25, 0.3) is 0 Å². The third kappa shape index (κ3) is 5.74. The van der Waals surface area contributed by atoms with Crippen LogP contribution in [0.1, 0.15) is 32.1 Å². The van der Waals surface area contributed by atoms with Crippen LogP contribution in [0.25, 0.3) is 0 Å². The van der Waals surface area contributed by atoms with Crippen molar-refractivity contribution in [3.05, 3.63) is 0 Å². The van der Waals surface area contributed by atoms with E-state index in [0.29, 0.717) is 12.6 Å². The minimum atomic E-state index is -0.0571. The van der Waals surface area contributed by atoms with E-state index in [1.807, 2.05) is 0 Å². The van der Waals surface area contributed by atoms with Gasteiger partial charge >= 0.3 is 0 Å². The Bertz CT molecular complexity index is 179. The van der Waals surface area contributed by atoms with Crippen molar-refractivity contribution < 1.29 is 14.3 Å². The minimum Gasteiger partial charge on any atom is -0.378 e. The maximum Gasteiger partial charge on any atom is 0.245 e. The average Bonchev–Trinajstić information content (AvgIpc) is 2.70. The van der Waals surface area contributed by atoms with Gasteiger partial charge in [-0.15, -0.1) is 0 Å². The number of carbonyl (C=O) groups is 1. The molecule has 0 bridgehead atoms. The second-order valence-corrected chi connectivity index (χ2v) is 3.91. The molecule has 4 heteroatoms. The molecule has 1 aliphatic carbocycles. The second-order valence-electron chi connectivity index (χ2n) is 3.91. The summed E-state index contributed by atoms with van der Waals surface area (Å²) < 4.78 is 10.4. The van der Waals surface area contributed by atoms with Gasteiger partial charge in [-0.2, -0.15) is 0 Å². The molecule has 0 unspecified atom stereocenters. The third-order valence-electron chi connectivity index (χ3n) is 2.57. The summed E-state index contributed by atoms with van der Waals surface area (Å²) in [6, 6.07) is 0. The highest BCUT2D eigenvalue weighted by atomic mass is 16.5. The highest BCUT2D eigenvalue weighted by Crippen LogP contribution is 2.20. The predicted molar refractivity (Wildman–Crippen MR) is 57.7 cm³/mol. The topological polar surface area (TPSA) is 47.6 Å². The molecule has 0 atom stereocenters. The number of nitrogens with one attached hydrogen (secondary N) is 1. The molecule has 88 valence electrons. The Balaban J connectivity index is 1.86. The maximum atomic E-state index is 11.0. The summed E-state index contributed by atoms with van der Waals surface area (Å²) >= 11 is 0. The van der Waals surface area contributed by atoms with E-state index < -0.39 is 0 Å². The monoisotopic (exact) mass is 215 g/mol. The fourth-order valence-corrected chi connectivity index (χ4v) is 1.79. The number of carbonyl (C=O) groups excluding carboxylic acids is 1. The Morgan fingerprint density at radius 3 is 2.80 bits per heavy atom. The van der Waals surface area contributed by atoms with E-state index in [9.17, 15) is 4.79 Å². The highest BCUT2D eigenvalue weighted by Gasteiger charge is 2.14. The third-order valence-corrected chi connectivity index (χ3v) is 2.57. The Labute approximate surface area is 91.3 Å². The highest BCUT2D eigenvalue weighted by molar-refractivity contribution is 5.77. The van der Waals surface area contributed by atoms with E-state index >= 15 is 0 Å². The van der Waals surface area contributed by atoms with E-state index in [0.717, 1.165) is 13.0 Å². The molecule has 4 nitrogen and oxygen atoms in total. The number of hydrogen-bond donors (Lipinski definition) is 1. The number of hydrogen-bond acceptors (Lipinski definition) is 3. The molecule has 0 aromatic rings. The van der Waals surface area contributed by atoms with Crippen LogP contribution in [-0.4, -0.2) is 38.9 Å². The number of ether oxygens (including phenoxy) is 2. The molecule has 0 heterocycles. The van der Waals surface area contributed by atoms with E-state index in [2.05, 4.69) is 5.32 Å². The van der Waals surface area contributed by atoms with Crippen LogP contribution in [0, 0.1) is 0 Å². The summed E-state index contributed by atoms with van der Waals surface area (Å²) in [6.07, 6.45) is 6.36. The van der Waals surface area contributed by atoms with Crippen molar-refractivity contribution >= 4 is 5.91 Å². The lowest BCUT2D eigenvalue weighted by atomic mass is 10.3. The van der Waals surface area contributed by atoms with Gasteiger partial charge in [-0.25, -0.2) is 0 Å². The summed E-state index contributed by atoms with van der Waals surface area (Å²) in [7, 11) is 1.52. The molecule has 0 aromatic carbocycles. The van der Waals surface area contributed by atoms with Gasteiger partial charge in [0.05, 0.1) is 6.10 Å². The molecule has 0 aliphatic heterocycles. The van der Waals surface area contributed by atoms with Crippen molar-refractivity contribution in [1.29, 1.82) is 0 Å². The lowest BCUT2D eigenvalue weighted by molar-refractivity contribution is -0.124. The largest absolute Gasteiger partial charge is 0.378 e. The molecular weight excluding hydrogens is 194 g/mol. The van der Waals surface area contributed by atoms with E-state index in [1.54, 1.807) is 0 Å². The molecule has 1 saturated carbocycles. The van der Waals surface area contributed by atoms with E-state index in [4.69, 9.17) is 9.47 Å². The van der Waals surface area contributed by atoms with Crippen LogP contribution in [0.5, 0.6) is 0 Å². The van der Waals surface area contributed by atoms with Crippen molar-refractivity contribution in [2.75, 3.05) is 26.9 Å². The average molecular weight is 215 g/mol. The summed E-state index contributed by atoms with van der Waals surface area (Å²) in [4.78, 5) is 11.0. The molecule has 15 heavy (non-hydrogen) atoms. The number of rotatable bonds is 7. The first-order valence-electron chi connectivity index (χ1n) is 5.70. The van der Waals surface area contributed by atoms with Crippen molar-refractivity contribution in [1.82, 2.24) is 5.32 Å². The number of methoxy groups -OCH3 is 1. The summed E-state index contributed by atoms with van der Waals surface area (Å²) in [5.74, 6) is -0.0571. The summed E-state index contributed by atoms with van der Waals surface area (Å²) in [5, 5.41) is 2.77. The Hall–Kier alpha value is -0.610. The van der Waals surface area contributed by atoms with Gasteiger partial charge in [0, 0.05) is 20.3 Å². The van der Waals surface area contributed by atoms with Crippen LogP contribution in [0.15, 0.2) is 0 Å². The van der Waals surface area contributed by atoms with E-state index in [1.165, 1.54) is 32.8 Å². The fourth-order valence-electron chi connectivity index (χ4n) is 1.79. The van der Waals surface area contributed by atoms with Gasteiger partial charge < -0.3 is 14.8 Å². The van der Waals surface area contributed by atoms with Gasteiger partial charge in [0.1, 0.15) is 6.61 Å². The molecular formula is C11H21NO3. The SMILES string of the molecule is COCC(=O)NCCCOC1CCCC1. The molecule has 0 radical (unpaired) electrons. The van der Waals surface area contributed by atoms with Crippen molar-refractivity contribution in [2.45, 2.75) is 38.2 Å². The zero-order valence-corrected chi connectivity index (χ0v) is 9.46. The molecule has 0 saturated heterocycles. The lowest BCUT2D eigenvalue weighted by Crippen LogP contribution is -2.28. The molecule has 1 fully saturated rings. The van der Waals surface area contributed by atoms with E-state index in [-0.39, 0.29) is 12.5 Å². The fraction of sp³-hybridized carbons (Fsp3) is 0.909. The smallest absolute Gasteiger partial charge is 0.245 e. The zero-order chi connectivity index (χ0) is 10.9. The second kappa shape index (κ2) is 7.65. The van der Waals surface area contributed by atoms with Crippen LogP contribution in [0.2, 0.25) is 0 Å². The Morgan fingerprint density at radius 1 is 1.40 bits per heavy atom. The van der Waals surface area contributed by atoms with Crippen LogP contribution >= 0.6 is 0 Å². The maximum absolute atomic E-state index is 11.0. The van der Waals surface area contributed by atoms with Crippen molar-refractivity contribution in [2.24, 2.45) is 0 Å². The van der Waals surface area contributed by atoms with Crippen LogP contribution in [0.3, 0.4) is 0 Å². The van der Waals surface area contributed by atoms with Crippen LogP contribution in [-0.2, 0) is 14.3 Å². The van der Waals surface area contributed by atoms with Crippen molar-refractivity contribution in [3.63, 3.8) is 0 Å². The van der Waals surface area contributed by atoms with Gasteiger partial charge in [0.2, 0.25) is 5.91 Å². The predicted octanol–water partition coefficient (Wildman–Crippen LogP) is 1.10. The Morgan fingerprint density at radius 2 is 2.13 bits per heavy atom. The normalized spacial score (nSPS) is 16.9. The molecule has 1 rings (SSSR count). The zero-order valence-electron chi connectivity index (χ0n) is 9.46. The number of amides is 1. The van der Waals surface area contributed by atoms with Gasteiger partial charge in [-0.05, 0) is 19.3 Å². The van der Waals surface area contributed by atoms with Gasteiger partial charge in [-0.3, -0.25) is 4.79 Å². The first kappa shape index (κ1) is 12.5. The molecule has 0 aromatic heterocycles. The molecule has 1 amide bonds. The molecule has 1 aliphatic rings. The van der Waals surface area contributed by atoms with Crippen LogP contribution < -0.4 is 5.32 Å². The summed E-state index contributed by atoms with van der Waals surface area (Å²) in [5.41, 5.74) is 0. The van der Waals surface area contributed by atoms with Crippen LogP contribution in [0.4, 0.5) is 0 Å². The van der Waals surface area contributed by atoms with Gasteiger partial charge in [0.15, 0.2) is 0 Å². The first-order valence-corrected chi connectivity index (χ1v) is 5.70. The lowest BCUT2D eigenvalue weighted by Gasteiger charge is -2.10. The standard InChI is InChI=1S/C11H21NO3/c1-14-9-11(13)12-7-4-8-15-10-5-2-3-6-10/h10H,2-9H2,1H3,(H,12,13). The van der Waals surface area contributed by atoms with Crippen molar-refractivity contribution in [3.8, 4) is 0 Å². The first-order chi connectivity index (χ1) is 7.33. The summed E-state index contributed by atoms with van der Waals surface area (Å²) in [6.45, 7) is 1.57. The van der Waals surface area contributed by atoms with Gasteiger partial charge in [-0.1, -0.05) is 12.8 Å². The molecule has 0 spiro atoms.